The number of hydrogen-bond donors (Lipinski definition) is 2. The van der Waals surface area contributed by atoms with E-state index in [1.165, 1.54) is 12.8 Å². The molecule has 1 aliphatic heterocycles. The molecule has 1 saturated heterocycles. The molecule has 2 aliphatic rings. The summed E-state index contributed by atoms with van der Waals surface area (Å²) in [5.74, 6) is -0.617. The molecule has 0 aromatic rings. The van der Waals surface area contributed by atoms with Crippen LogP contribution < -0.4 is 5.32 Å². The third-order valence-electron chi connectivity index (χ3n) is 5.06. The van der Waals surface area contributed by atoms with Gasteiger partial charge in [0.2, 0.25) is 5.91 Å². The number of nitrogens with one attached hydrogen (secondary N) is 1. The van der Waals surface area contributed by atoms with E-state index in [1.807, 2.05) is 6.92 Å². The first kappa shape index (κ1) is 16.3. The Hall–Kier alpha value is -1.10. The van der Waals surface area contributed by atoms with Crippen LogP contribution in [0.3, 0.4) is 0 Å². The second-order valence-corrected chi connectivity index (χ2v) is 6.94. The first-order valence-electron chi connectivity index (χ1n) is 8.20. The van der Waals surface area contributed by atoms with E-state index >= 15 is 0 Å². The summed E-state index contributed by atoms with van der Waals surface area (Å²) in [6.07, 6.45) is 3.78. The molecule has 2 N–H and O–H groups in total. The number of carbonyl (C=O) groups is 2. The summed E-state index contributed by atoms with van der Waals surface area (Å²) in [5.41, 5.74) is 0. The lowest BCUT2D eigenvalue weighted by Crippen LogP contribution is -2.41. The van der Waals surface area contributed by atoms with Crippen LogP contribution in [0.4, 0.5) is 0 Å². The molecule has 5 nitrogen and oxygen atoms in total. The lowest BCUT2D eigenvalue weighted by molar-refractivity contribution is -0.146. The molecule has 2 fully saturated rings. The van der Waals surface area contributed by atoms with Crippen molar-refractivity contribution < 1.29 is 14.7 Å². The molecule has 0 spiro atoms. The molecule has 1 aliphatic carbocycles. The van der Waals surface area contributed by atoms with Gasteiger partial charge in [-0.3, -0.25) is 9.59 Å². The minimum Gasteiger partial charge on any atom is -0.481 e. The van der Waals surface area contributed by atoms with Crippen molar-refractivity contribution in [3.63, 3.8) is 0 Å². The molecule has 5 heteroatoms. The monoisotopic (exact) mass is 296 g/mol. The van der Waals surface area contributed by atoms with Crippen LogP contribution in [0, 0.1) is 23.7 Å². The zero-order valence-electron chi connectivity index (χ0n) is 13.2. The van der Waals surface area contributed by atoms with Gasteiger partial charge in [-0.05, 0) is 50.6 Å². The Morgan fingerprint density at radius 1 is 1.10 bits per heavy atom. The number of likely N-dealkylation sites (tertiary alicyclic amines) is 1. The van der Waals surface area contributed by atoms with Gasteiger partial charge < -0.3 is 15.3 Å². The van der Waals surface area contributed by atoms with Crippen molar-refractivity contribution in [2.24, 2.45) is 23.7 Å². The number of amides is 1. The Morgan fingerprint density at radius 2 is 1.71 bits per heavy atom. The predicted molar refractivity (Wildman–Crippen MR) is 80.9 cm³/mol. The van der Waals surface area contributed by atoms with Crippen molar-refractivity contribution in [1.82, 2.24) is 10.2 Å². The van der Waals surface area contributed by atoms with Gasteiger partial charge in [-0.25, -0.2) is 0 Å². The Labute approximate surface area is 127 Å². The van der Waals surface area contributed by atoms with Crippen molar-refractivity contribution in [1.29, 1.82) is 0 Å². The topological polar surface area (TPSA) is 69.6 Å². The van der Waals surface area contributed by atoms with Crippen LogP contribution in [0.2, 0.25) is 0 Å². The summed E-state index contributed by atoms with van der Waals surface area (Å²) < 4.78 is 0. The molecular weight excluding hydrogens is 268 g/mol. The van der Waals surface area contributed by atoms with Gasteiger partial charge in [-0.2, -0.15) is 0 Å². The van der Waals surface area contributed by atoms with Crippen molar-refractivity contribution in [3.8, 4) is 0 Å². The van der Waals surface area contributed by atoms with Gasteiger partial charge in [-0.1, -0.05) is 13.8 Å². The van der Waals surface area contributed by atoms with Crippen molar-refractivity contribution in [2.75, 3.05) is 26.2 Å². The number of aliphatic carboxylic acids is 1. The maximum Gasteiger partial charge on any atom is 0.307 e. The molecule has 0 aromatic heterocycles. The van der Waals surface area contributed by atoms with Gasteiger partial charge in [0.15, 0.2) is 0 Å². The summed E-state index contributed by atoms with van der Waals surface area (Å²) in [5, 5.41) is 12.2. The molecule has 0 radical (unpaired) electrons. The van der Waals surface area contributed by atoms with Crippen LogP contribution in [0.15, 0.2) is 0 Å². The van der Waals surface area contributed by atoms with Gasteiger partial charge >= 0.3 is 5.97 Å². The van der Waals surface area contributed by atoms with Crippen molar-refractivity contribution >= 4 is 11.9 Å². The van der Waals surface area contributed by atoms with Crippen LogP contribution in [-0.4, -0.2) is 48.1 Å². The maximum atomic E-state index is 12.2. The van der Waals surface area contributed by atoms with Crippen molar-refractivity contribution in [3.05, 3.63) is 0 Å². The average molecular weight is 296 g/mol. The van der Waals surface area contributed by atoms with Gasteiger partial charge in [0, 0.05) is 13.1 Å². The lowest BCUT2D eigenvalue weighted by Gasteiger charge is -2.30. The van der Waals surface area contributed by atoms with Gasteiger partial charge in [0.25, 0.3) is 0 Å². The standard InChI is InChI=1S/C16H28N2O3/c1-11-3-6-18(7-4-11)8-5-17-15(19)13-9-12(2)10-14(13)16(20)21/h11-14H,3-10H2,1-2H3,(H,17,19)(H,20,21)/t12?,13-,14+/m0/s1. The molecule has 0 aromatic carbocycles. The number of nitrogens with zero attached hydrogens (tertiary/aromatic N) is 1. The Morgan fingerprint density at radius 3 is 2.33 bits per heavy atom. The highest BCUT2D eigenvalue weighted by Crippen LogP contribution is 2.36. The molecule has 1 heterocycles. The molecule has 1 saturated carbocycles. The van der Waals surface area contributed by atoms with Gasteiger partial charge in [-0.15, -0.1) is 0 Å². The first-order valence-corrected chi connectivity index (χ1v) is 8.20. The number of carboxylic acid groups (broad SMARTS) is 1. The maximum absolute atomic E-state index is 12.2. The minimum absolute atomic E-state index is 0.0721. The van der Waals surface area contributed by atoms with Crippen LogP contribution in [0.5, 0.6) is 0 Å². The van der Waals surface area contributed by atoms with E-state index in [-0.39, 0.29) is 11.8 Å². The molecule has 2 rings (SSSR count). The van der Waals surface area contributed by atoms with E-state index in [9.17, 15) is 14.7 Å². The fourth-order valence-electron chi connectivity index (χ4n) is 3.61. The molecular formula is C16H28N2O3. The van der Waals surface area contributed by atoms with Crippen LogP contribution >= 0.6 is 0 Å². The smallest absolute Gasteiger partial charge is 0.307 e. The van der Waals surface area contributed by atoms with Gasteiger partial charge in [0.05, 0.1) is 11.8 Å². The normalized spacial score (nSPS) is 31.2. The molecule has 0 bridgehead atoms. The van der Waals surface area contributed by atoms with Crippen LogP contribution in [0.1, 0.15) is 39.5 Å². The van der Waals surface area contributed by atoms with Crippen LogP contribution in [0.25, 0.3) is 0 Å². The van der Waals surface area contributed by atoms with Crippen molar-refractivity contribution in [2.45, 2.75) is 39.5 Å². The number of carbonyl (C=O) groups excluding carboxylic acids is 1. The largest absolute Gasteiger partial charge is 0.481 e. The Balaban J connectivity index is 1.73. The fraction of sp³-hybridized carbons (Fsp3) is 0.875. The zero-order chi connectivity index (χ0) is 15.4. The quantitative estimate of drug-likeness (QED) is 0.808. The van der Waals surface area contributed by atoms with E-state index in [0.717, 1.165) is 25.6 Å². The molecule has 120 valence electrons. The Kier molecular flexibility index (Phi) is 5.62. The lowest BCUT2D eigenvalue weighted by atomic mass is 9.95. The fourth-order valence-corrected chi connectivity index (χ4v) is 3.61. The first-order chi connectivity index (χ1) is 9.97. The summed E-state index contributed by atoms with van der Waals surface area (Å²) in [6, 6.07) is 0. The SMILES string of the molecule is CC1CCN(CCNC(=O)[C@H]2CC(C)C[C@H]2C(=O)O)CC1. The summed E-state index contributed by atoms with van der Waals surface area (Å²) in [6.45, 7) is 8.03. The minimum atomic E-state index is -0.829. The molecule has 21 heavy (non-hydrogen) atoms. The Bertz CT molecular complexity index is 378. The van der Waals surface area contributed by atoms with E-state index in [1.54, 1.807) is 0 Å². The number of hydrogen-bond acceptors (Lipinski definition) is 3. The number of piperidine rings is 1. The van der Waals surface area contributed by atoms with Crippen LogP contribution in [-0.2, 0) is 9.59 Å². The predicted octanol–water partition coefficient (Wildman–Crippen LogP) is 1.58. The van der Waals surface area contributed by atoms with E-state index in [2.05, 4.69) is 17.1 Å². The summed E-state index contributed by atoms with van der Waals surface area (Å²) in [7, 11) is 0. The molecule has 1 unspecified atom stereocenters. The summed E-state index contributed by atoms with van der Waals surface area (Å²) in [4.78, 5) is 25.8. The highest BCUT2D eigenvalue weighted by Gasteiger charge is 2.40. The van der Waals surface area contributed by atoms with E-state index in [4.69, 9.17) is 0 Å². The molecule has 1 amide bonds. The highest BCUT2D eigenvalue weighted by molar-refractivity contribution is 5.85. The third kappa shape index (κ3) is 4.43. The number of carboxylic acids is 1. The second kappa shape index (κ2) is 7.25. The van der Waals surface area contributed by atoms with E-state index < -0.39 is 11.9 Å². The average Bonchev–Trinajstić information content (AvgIpc) is 2.83. The second-order valence-electron chi connectivity index (χ2n) is 6.94. The van der Waals surface area contributed by atoms with E-state index in [0.29, 0.717) is 25.3 Å². The number of rotatable bonds is 5. The third-order valence-corrected chi connectivity index (χ3v) is 5.06. The zero-order valence-corrected chi connectivity index (χ0v) is 13.2. The molecule has 3 atom stereocenters. The van der Waals surface area contributed by atoms with Gasteiger partial charge in [0.1, 0.15) is 0 Å². The highest BCUT2D eigenvalue weighted by atomic mass is 16.4. The summed E-state index contributed by atoms with van der Waals surface area (Å²) >= 11 is 0.